The Morgan fingerprint density at radius 1 is 1.55 bits per heavy atom. The zero-order valence-electron chi connectivity index (χ0n) is 13.0. The standard InChI is InChI=1S/C14H23N3O3S2/c1-3-14-16-11(9-21-14)4-6-15-13(18)8-17(2)12-5-7-22(19,20)10-12/h9,12H,3-8,10H2,1-2H3,(H,15,18). The predicted molar refractivity (Wildman–Crippen MR) is 87.9 cm³/mol. The van der Waals surface area contributed by atoms with Gasteiger partial charge in [-0.05, 0) is 19.9 Å². The average molecular weight is 345 g/mol. The summed E-state index contributed by atoms with van der Waals surface area (Å²) in [4.78, 5) is 18.2. The Bertz CT molecular complexity index is 613. The van der Waals surface area contributed by atoms with Crippen LogP contribution in [0.2, 0.25) is 0 Å². The summed E-state index contributed by atoms with van der Waals surface area (Å²) in [6.45, 7) is 2.86. The first-order valence-corrected chi connectivity index (χ1v) is 10.2. The number of likely N-dealkylation sites (N-methyl/N-ethyl adjacent to an activating group) is 1. The average Bonchev–Trinajstić information content (AvgIpc) is 3.05. The third kappa shape index (κ3) is 5.03. The highest BCUT2D eigenvalue weighted by atomic mass is 32.2. The number of nitrogens with zero attached hydrogens (tertiary/aromatic N) is 2. The van der Waals surface area contributed by atoms with E-state index < -0.39 is 9.84 Å². The summed E-state index contributed by atoms with van der Waals surface area (Å²) in [5.41, 5.74) is 1.01. The summed E-state index contributed by atoms with van der Waals surface area (Å²) in [5, 5.41) is 6.01. The Hall–Kier alpha value is -0.990. The second-order valence-corrected chi connectivity index (χ2v) is 8.83. The number of aromatic nitrogens is 1. The van der Waals surface area contributed by atoms with Gasteiger partial charge in [-0.15, -0.1) is 11.3 Å². The number of rotatable bonds is 7. The lowest BCUT2D eigenvalue weighted by Gasteiger charge is -2.22. The van der Waals surface area contributed by atoms with Gasteiger partial charge in [-0.25, -0.2) is 13.4 Å². The Kier molecular flexibility index (Phi) is 5.94. The fraction of sp³-hybridized carbons (Fsp3) is 0.714. The van der Waals surface area contributed by atoms with E-state index >= 15 is 0 Å². The monoisotopic (exact) mass is 345 g/mol. The number of aryl methyl sites for hydroxylation is 1. The minimum absolute atomic E-state index is 0.0404. The van der Waals surface area contributed by atoms with Crippen molar-refractivity contribution >= 4 is 27.1 Å². The quantitative estimate of drug-likeness (QED) is 0.778. The maximum absolute atomic E-state index is 11.9. The van der Waals surface area contributed by atoms with Crippen LogP contribution < -0.4 is 5.32 Å². The Morgan fingerprint density at radius 2 is 2.32 bits per heavy atom. The molecule has 8 heteroatoms. The van der Waals surface area contributed by atoms with Crippen molar-refractivity contribution in [1.82, 2.24) is 15.2 Å². The molecule has 0 aliphatic carbocycles. The van der Waals surface area contributed by atoms with Crippen molar-refractivity contribution in [3.8, 4) is 0 Å². The first-order chi connectivity index (χ1) is 10.4. The molecule has 1 aliphatic rings. The lowest BCUT2D eigenvalue weighted by Crippen LogP contribution is -2.41. The smallest absolute Gasteiger partial charge is 0.234 e. The van der Waals surface area contributed by atoms with Crippen LogP contribution in [0.4, 0.5) is 0 Å². The van der Waals surface area contributed by atoms with Gasteiger partial charge in [0.15, 0.2) is 9.84 Å². The van der Waals surface area contributed by atoms with Crippen LogP contribution in [0.3, 0.4) is 0 Å². The summed E-state index contributed by atoms with van der Waals surface area (Å²) in [6, 6.07) is -0.0404. The van der Waals surface area contributed by atoms with Crippen molar-refractivity contribution in [2.75, 3.05) is 31.6 Å². The van der Waals surface area contributed by atoms with Crippen LogP contribution in [0.25, 0.3) is 0 Å². The molecular weight excluding hydrogens is 322 g/mol. The molecule has 0 bridgehead atoms. The van der Waals surface area contributed by atoms with Crippen LogP contribution >= 0.6 is 11.3 Å². The van der Waals surface area contributed by atoms with Crippen molar-refractivity contribution in [2.24, 2.45) is 0 Å². The van der Waals surface area contributed by atoms with Crippen molar-refractivity contribution in [3.05, 3.63) is 16.1 Å². The molecule has 124 valence electrons. The zero-order chi connectivity index (χ0) is 16.2. The molecule has 1 atom stereocenters. The SMILES string of the molecule is CCc1nc(CCNC(=O)CN(C)C2CCS(=O)(=O)C2)cs1. The number of hydrogen-bond donors (Lipinski definition) is 1. The molecule has 1 N–H and O–H groups in total. The topological polar surface area (TPSA) is 79.4 Å². The van der Waals surface area contributed by atoms with Gasteiger partial charge in [-0.1, -0.05) is 6.92 Å². The van der Waals surface area contributed by atoms with E-state index in [0.717, 1.165) is 23.5 Å². The molecule has 1 unspecified atom stereocenters. The highest BCUT2D eigenvalue weighted by Crippen LogP contribution is 2.16. The molecule has 1 aromatic heterocycles. The first-order valence-electron chi connectivity index (χ1n) is 7.50. The minimum Gasteiger partial charge on any atom is -0.355 e. The molecule has 0 saturated carbocycles. The summed E-state index contributed by atoms with van der Waals surface area (Å²) in [7, 11) is -1.11. The Balaban J connectivity index is 1.69. The first kappa shape index (κ1) is 17.4. The van der Waals surface area contributed by atoms with Crippen LogP contribution in [-0.2, 0) is 27.5 Å². The fourth-order valence-corrected chi connectivity index (χ4v) is 5.08. The summed E-state index contributed by atoms with van der Waals surface area (Å²) in [6.07, 6.45) is 2.28. The fourth-order valence-electron chi connectivity index (χ4n) is 2.49. The van der Waals surface area contributed by atoms with Gasteiger partial charge in [0, 0.05) is 24.4 Å². The molecule has 1 aliphatic heterocycles. The van der Waals surface area contributed by atoms with E-state index in [9.17, 15) is 13.2 Å². The second kappa shape index (κ2) is 7.52. The van der Waals surface area contributed by atoms with E-state index in [2.05, 4.69) is 17.2 Å². The number of carbonyl (C=O) groups is 1. The van der Waals surface area contributed by atoms with Gasteiger partial charge in [0.2, 0.25) is 5.91 Å². The third-order valence-corrected chi connectivity index (χ3v) is 6.62. The maximum atomic E-state index is 11.9. The molecule has 0 spiro atoms. The molecule has 2 heterocycles. The largest absolute Gasteiger partial charge is 0.355 e. The minimum atomic E-state index is -2.91. The maximum Gasteiger partial charge on any atom is 0.234 e. The van der Waals surface area contributed by atoms with Gasteiger partial charge in [-0.3, -0.25) is 9.69 Å². The molecule has 1 amide bonds. The summed E-state index contributed by atoms with van der Waals surface area (Å²) < 4.78 is 22.9. The van der Waals surface area contributed by atoms with E-state index in [4.69, 9.17) is 0 Å². The van der Waals surface area contributed by atoms with Crippen LogP contribution in [0, 0.1) is 0 Å². The van der Waals surface area contributed by atoms with E-state index in [0.29, 0.717) is 13.0 Å². The van der Waals surface area contributed by atoms with Gasteiger partial charge in [0.1, 0.15) is 0 Å². The van der Waals surface area contributed by atoms with Crippen molar-refractivity contribution in [2.45, 2.75) is 32.2 Å². The van der Waals surface area contributed by atoms with Gasteiger partial charge >= 0.3 is 0 Å². The molecule has 2 rings (SSSR count). The van der Waals surface area contributed by atoms with Crippen LogP contribution in [0.1, 0.15) is 24.0 Å². The Labute approximate surface area is 135 Å². The van der Waals surface area contributed by atoms with Crippen molar-refractivity contribution in [3.63, 3.8) is 0 Å². The van der Waals surface area contributed by atoms with Crippen LogP contribution in [0.5, 0.6) is 0 Å². The van der Waals surface area contributed by atoms with E-state index in [1.165, 1.54) is 0 Å². The summed E-state index contributed by atoms with van der Waals surface area (Å²) in [5.74, 6) is 0.320. The molecule has 1 saturated heterocycles. The van der Waals surface area contributed by atoms with Gasteiger partial charge < -0.3 is 5.32 Å². The molecule has 1 fully saturated rings. The van der Waals surface area contributed by atoms with E-state index in [1.807, 2.05) is 10.3 Å². The molecule has 0 radical (unpaired) electrons. The third-order valence-electron chi connectivity index (χ3n) is 3.83. The molecule has 0 aromatic carbocycles. The molecule has 1 aromatic rings. The number of amides is 1. The number of thiazole rings is 1. The van der Waals surface area contributed by atoms with Gasteiger partial charge in [0.05, 0.1) is 28.8 Å². The van der Waals surface area contributed by atoms with Crippen LogP contribution in [0.15, 0.2) is 5.38 Å². The summed E-state index contributed by atoms with van der Waals surface area (Å²) >= 11 is 1.65. The van der Waals surface area contributed by atoms with Gasteiger partial charge in [0.25, 0.3) is 0 Å². The van der Waals surface area contributed by atoms with Crippen LogP contribution in [-0.4, -0.2) is 61.9 Å². The van der Waals surface area contributed by atoms with Crippen molar-refractivity contribution < 1.29 is 13.2 Å². The second-order valence-electron chi connectivity index (χ2n) is 5.66. The molecule has 22 heavy (non-hydrogen) atoms. The normalized spacial score (nSPS) is 20.4. The van der Waals surface area contributed by atoms with Gasteiger partial charge in [-0.2, -0.15) is 0 Å². The Morgan fingerprint density at radius 3 is 2.91 bits per heavy atom. The molecular formula is C14H23N3O3S2. The van der Waals surface area contributed by atoms with Crippen molar-refractivity contribution in [1.29, 1.82) is 0 Å². The highest BCUT2D eigenvalue weighted by Gasteiger charge is 2.31. The number of hydrogen-bond acceptors (Lipinski definition) is 6. The lowest BCUT2D eigenvalue weighted by atomic mass is 10.2. The predicted octanol–water partition coefficient (Wildman–Crippen LogP) is 0.483. The number of sulfone groups is 1. The number of carbonyl (C=O) groups excluding carboxylic acids is 1. The van der Waals surface area contributed by atoms with E-state index in [1.54, 1.807) is 18.4 Å². The lowest BCUT2D eigenvalue weighted by molar-refractivity contribution is -0.122. The van der Waals surface area contributed by atoms with E-state index in [-0.39, 0.29) is 30.0 Å². The number of nitrogens with one attached hydrogen (secondary N) is 1. The highest BCUT2D eigenvalue weighted by molar-refractivity contribution is 7.91. The molecule has 6 nitrogen and oxygen atoms in total. The zero-order valence-corrected chi connectivity index (χ0v) is 14.7.